The Hall–Kier alpha value is -2.42. The van der Waals surface area contributed by atoms with Crippen LogP contribution in [0.2, 0.25) is 0 Å². The van der Waals surface area contributed by atoms with E-state index in [9.17, 15) is 9.59 Å². The highest BCUT2D eigenvalue weighted by atomic mass is 16.5. The number of methoxy groups -OCH3 is 1. The van der Waals surface area contributed by atoms with Crippen LogP contribution < -0.4 is 4.74 Å². The van der Waals surface area contributed by atoms with Crippen LogP contribution in [-0.4, -0.2) is 18.7 Å². The molecular formula is C17H14O3. The van der Waals surface area contributed by atoms with Crippen LogP contribution in [0.1, 0.15) is 26.3 Å². The standard InChI is InChI=1S/C17H14O3/c1-20-13-8-7-12-9-15(17(19)14(12)10-13)16(18)11-5-3-2-4-6-11/h2-8,10,15H,9H2,1H3. The molecule has 100 valence electrons. The minimum atomic E-state index is -0.598. The molecule has 1 unspecified atom stereocenters. The van der Waals surface area contributed by atoms with Gasteiger partial charge in [-0.3, -0.25) is 9.59 Å². The van der Waals surface area contributed by atoms with E-state index in [4.69, 9.17) is 4.74 Å². The molecule has 0 aliphatic heterocycles. The molecule has 1 atom stereocenters. The fourth-order valence-corrected chi connectivity index (χ4v) is 2.61. The molecule has 3 rings (SSSR count). The van der Waals surface area contributed by atoms with E-state index in [1.165, 1.54) is 0 Å². The molecule has 0 saturated heterocycles. The highest BCUT2D eigenvalue weighted by Gasteiger charge is 2.36. The van der Waals surface area contributed by atoms with Gasteiger partial charge in [0.05, 0.1) is 13.0 Å². The van der Waals surface area contributed by atoms with Gasteiger partial charge in [0.25, 0.3) is 0 Å². The van der Waals surface area contributed by atoms with Crippen molar-refractivity contribution in [2.45, 2.75) is 6.42 Å². The molecule has 0 spiro atoms. The highest BCUT2D eigenvalue weighted by Crippen LogP contribution is 2.31. The van der Waals surface area contributed by atoms with E-state index < -0.39 is 5.92 Å². The van der Waals surface area contributed by atoms with Crippen molar-refractivity contribution in [3.63, 3.8) is 0 Å². The molecule has 0 aromatic heterocycles. The summed E-state index contributed by atoms with van der Waals surface area (Å²) in [5.41, 5.74) is 2.12. The van der Waals surface area contributed by atoms with Crippen molar-refractivity contribution >= 4 is 11.6 Å². The average molecular weight is 266 g/mol. The zero-order chi connectivity index (χ0) is 14.1. The summed E-state index contributed by atoms with van der Waals surface area (Å²) in [7, 11) is 1.56. The number of benzene rings is 2. The molecule has 0 bridgehead atoms. The van der Waals surface area contributed by atoms with Gasteiger partial charge < -0.3 is 4.74 Å². The first kappa shape index (κ1) is 12.6. The monoisotopic (exact) mass is 266 g/mol. The lowest BCUT2D eigenvalue weighted by molar-refractivity contribution is 0.0822. The molecule has 2 aromatic rings. The van der Waals surface area contributed by atoms with E-state index in [2.05, 4.69) is 0 Å². The largest absolute Gasteiger partial charge is 0.497 e. The molecule has 3 heteroatoms. The third-order valence-electron chi connectivity index (χ3n) is 3.70. The first-order valence-electron chi connectivity index (χ1n) is 6.51. The van der Waals surface area contributed by atoms with Crippen LogP contribution in [0, 0.1) is 5.92 Å². The van der Waals surface area contributed by atoms with Crippen molar-refractivity contribution in [2.75, 3.05) is 7.11 Å². The van der Waals surface area contributed by atoms with Gasteiger partial charge >= 0.3 is 0 Å². The van der Waals surface area contributed by atoms with Gasteiger partial charge in [-0.15, -0.1) is 0 Å². The summed E-state index contributed by atoms with van der Waals surface area (Å²) in [4.78, 5) is 24.8. The molecular weight excluding hydrogens is 252 g/mol. The van der Waals surface area contributed by atoms with Crippen molar-refractivity contribution in [1.82, 2.24) is 0 Å². The number of ketones is 2. The van der Waals surface area contributed by atoms with Gasteiger partial charge in [0.1, 0.15) is 5.75 Å². The van der Waals surface area contributed by atoms with Crippen LogP contribution in [0.25, 0.3) is 0 Å². The number of hydrogen-bond acceptors (Lipinski definition) is 3. The second-order valence-corrected chi connectivity index (χ2v) is 4.87. The summed E-state index contributed by atoms with van der Waals surface area (Å²) in [6, 6.07) is 14.4. The quantitative estimate of drug-likeness (QED) is 0.633. The molecule has 0 fully saturated rings. The third kappa shape index (κ3) is 2.01. The molecule has 0 saturated carbocycles. The van der Waals surface area contributed by atoms with Gasteiger partial charge in [0.2, 0.25) is 0 Å². The first-order chi connectivity index (χ1) is 9.70. The summed E-state index contributed by atoms with van der Waals surface area (Å²) >= 11 is 0. The average Bonchev–Trinajstić information content (AvgIpc) is 2.84. The summed E-state index contributed by atoms with van der Waals surface area (Å²) in [5.74, 6) is -0.164. The lowest BCUT2D eigenvalue weighted by Crippen LogP contribution is -2.20. The molecule has 1 aliphatic rings. The Morgan fingerprint density at radius 2 is 1.90 bits per heavy atom. The molecule has 20 heavy (non-hydrogen) atoms. The summed E-state index contributed by atoms with van der Waals surface area (Å²) in [6.45, 7) is 0. The maximum atomic E-state index is 12.4. The van der Waals surface area contributed by atoms with E-state index in [1.54, 1.807) is 25.3 Å². The minimum Gasteiger partial charge on any atom is -0.497 e. The predicted octanol–water partition coefficient (Wildman–Crippen LogP) is 2.93. The Bertz CT molecular complexity index is 674. The summed E-state index contributed by atoms with van der Waals surface area (Å²) in [5, 5.41) is 0. The van der Waals surface area contributed by atoms with Crippen molar-refractivity contribution in [3.05, 3.63) is 65.2 Å². The number of rotatable bonds is 3. The third-order valence-corrected chi connectivity index (χ3v) is 3.70. The van der Waals surface area contributed by atoms with Crippen molar-refractivity contribution in [2.24, 2.45) is 5.92 Å². The number of hydrogen-bond donors (Lipinski definition) is 0. The molecule has 3 nitrogen and oxygen atoms in total. The maximum absolute atomic E-state index is 12.4. The lowest BCUT2D eigenvalue weighted by atomic mass is 9.94. The van der Waals surface area contributed by atoms with Crippen LogP contribution in [-0.2, 0) is 6.42 Å². The van der Waals surface area contributed by atoms with Crippen LogP contribution in [0.15, 0.2) is 48.5 Å². The second-order valence-electron chi connectivity index (χ2n) is 4.87. The van der Waals surface area contributed by atoms with Crippen molar-refractivity contribution in [3.8, 4) is 5.75 Å². The van der Waals surface area contributed by atoms with Gasteiger partial charge in [0, 0.05) is 11.1 Å². The van der Waals surface area contributed by atoms with Crippen LogP contribution in [0.4, 0.5) is 0 Å². The Morgan fingerprint density at radius 3 is 2.60 bits per heavy atom. The molecule has 0 radical (unpaired) electrons. The van der Waals surface area contributed by atoms with Crippen LogP contribution in [0.3, 0.4) is 0 Å². The molecule has 0 N–H and O–H groups in total. The summed E-state index contributed by atoms with van der Waals surface area (Å²) in [6.07, 6.45) is 0.478. The van der Waals surface area contributed by atoms with Crippen molar-refractivity contribution in [1.29, 1.82) is 0 Å². The van der Waals surface area contributed by atoms with E-state index >= 15 is 0 Å². The zero-order valence-corrected chi connectivity index (χ0v) is 11.1. The number of carbonyl (C=O) groups excluding carboxylic acids is 2. The summed E-state index contributed by atoms with van der Waals surface area (Å²) < 4.78 is 5.13. The zero-order valence-electron chi connectivity index (χ0n) is 11.1. The van der Waals surface area contributed by atoms with Gasteiger partial charge in [-0.2, -0.15) is 0 Å². The lowest BCUT2D eigenvalue weighted by Gasteiger charge is -2.06. The Morgan fingerprint density at radius 1 is 1.15 bits per heavy atom. The van der Waals surface area contributed by atoms with Gasteiger partial charge in [-0.1, -0.05) is 36.4 Å². The fourth-order valence-electron chi connectivity index (χ4n) is 2.61. The van der Waals surface area contributed by atoms with Gasteiger partial charge in [-0.25, -0.2) is 0 Å². The molecule has 1 aliphatic carbocycles. The molecule has 0 amide bonds. The van der Waals surface area contributed by atoms with E-state index in [0.717, 1.165) is 5.56 Å². The number of carbonyl (C=O) groups is 2. The van der Waals surface area contributed by atoms with Crippen LogP contribution in [0.5, 0.6) is 5.75 Å². The van der Waals surface area contributed by atoms with E-state index in [0.29, 0.717) is 23.3 Å². The highest BCUT2D eigenvalue weighted by molar-refractivity contribution is 6.18. The molecule has 0 heterocycles. The number of Topliss-reactive ketones (excluding diaryl/α,β-unsaturated/α-hetero) is 2. The topological polar surface area (TPSA) is 43.4 Å². The van der Waals surface area contributed by atoms with Gasteiger partial charge in [-0.05, 0) is 24.1 Å². The Labute approximate surface area is 117 Å². The fraction of sp³-hybridized carbons (Fsp3) is 0.176. The minimum absolute atomic E-state index is 0.104. The molecule has 2 aromatic carbocycles. The van der Waals surface area contributed by atoms with E-state index in [-0.39, 0.29) is 11.6 Å². The van der Waals surface area contributed by atoms with Crippen molar-refractivity contribution < 1.29 is 14.3 Å². The maximum Gasteiger partial charge on any atom is 0.174 e. The number of fused-ring (bicyclic) bond motifs is 1. The normalized spacial score (nSPS) is 16.9. The van der Waals surface area contributed by atoms with Gasteiger partial charge in [0.15, 0.2) is 11.6 Å². The first-order valence-corrected chi connectivity index (χ1v) is 6.51. The Balaban J connectivity index is 1.92. The Kier molecular flexibility index (Phi) is 3.11. The number of ether oxygens (including phenoxy) is 1. The van der Waals surface area contributed by atoms with Crippen LogP contribution >= 0.6 is 0 Å². The van der Waals surface area contributed by atoms with E-state index in [1.807, 2.05) is 30.3 Å². The SMILES string of the molecule is COc1ccc2c(c1)C(=O)C(C(=O)c1ccccc1)C2. The smallest absolute Gasteiger partial charge is 0.174 e. The second kappa shape index (κ2) is 4.93. The predicted molar refractivity (Wildman–Crippen MR) is 75.3 cm³/mol.